The number of nitrogens with zero attached hydrogens (tertiary/aromatic N) is 3. The van der Waals surface area contributed by atoms with Crippen LogP contribution in [0.2, 0.25) is 0 Å². The normalized spacial score (nSPS) is 12.7. The van der Waals surface area contributed by atoms with Gasteiger partial charge in [0.15, 0.2) is 17.5 Å². The van der Waals surface area contributed by atoms with E-state index in [4.69, 9.17) is 19.4 Å². The van der Waals surface area contributed by atoms with Gasteiger partial charge in [0.05, 0.1) is 0 Å². The lowest BCUT2D eigenvalue weighted by Gasteiger charge is -2.15. The van der Waals surface area contributed by atoms with Gasteiger partial charge in [0.1, 0.15) is 11.2 Å². The molecule has 0 aliphatic heterocycles. The number of furan rings is 1. The van der Waals surface area contributed by atoms with Crippen LogP contribution in [0, 0.1) is 0 Å². The summed E-state index contributed by atoms with van der Waals surface area (Å²) < 4.78 is 6.56. The van der Waals surface area contributed by atoms with Gasteiger partial charge in [-0.3, -0.25) is 0 Å². The number of benzene rings is 8. The fraction of sp³-hybridized carbons (Fsp3) is 0.0408. The average molecular weight is 678 g/mol. The maximum absolute atomic E-state index is 6.56. The third-order valence-corrected chi connectivity index (χ3v) is 10.8. The number of rotatable bonds is 4. The molecule has 0 N–H and O–H groups in total. The summed E-state index contributed by atoms with van der Waals surface area (Å²) in [6.07, 6.45) is 6.62. The molecule has 248 valence electrons. The van der Waals surface area contributed by atoms with E-state index in [1.54, 1.807) is 0 Å². The quantitative estimate of drug-likeness (QED) is 0.186. The molecule has 2 heterocycles. The lowest BCUT2D eigenvalue weighted by atomic mass is 9.91. The van der Waals surface area contributed by atoms with E-state index < -0.39 is 0 Å². The van der Waals surface area contributed by atoms with Crippen molar-refractivity contribution in [3.05, 3.63) is 169 Å². The summed E-state index contributed by atoms with van der Waals surface area (Å²) in [7, 11) is 0. The molecular formula is C49H31N3O. The first-order chi connectivity index (χ1) is 26.2. The Labute approximate surface area is 305 Å². The number of aryl methyl sites for hydroxylation is 1. The Hall–Kier alpha value is -6.91. The second kappa shape index (κ2) is 11.8. The molecule has 0 bridgehead atoms. The monoisotopic (exact) mass is 677 g/mol. The minimum absolute atomic E-state index is 0.607. The molecule has 4 nitrogen and oxygen atoms in total. The zero-order valence-electron chi connectivity index (χ0n) is 28.8. The highest BCUT2D eigenvalue weighted by Gasteiger charge is 2.21. The highest BCUT2D eigenvalue weighted by atomic mass is 16.3. The van der Waals surface area contributed by atoms with Gasteiger partial charge in [-0.2, -0.15) is 0 Å². The van der Waals surface area contributed by atoms with Crippen molar-refractivity contribution in [2.75, 3.05) is 0 Å². The zero-order chi connectivity index (χ0) is 34.9. The van der Waals surface area contributed by atoms with Crippen molar-refractivity contribution in [1.82, 2.24) is 15.0 Å². The summed E-state index contributed by atoms with van der Waals surface area (Å²) in [5.41, 5.74) is 9.38. The van der Waals surface area contributed by atoms with Crippen LogP contribution in [0.5, 0.6) is 0 Å². The maximum atomic E-state index is 6.56. The predicted molar refractivity (Wildman–Crippen MR) is 219 cm³/mol. The van der Waals surface area contributed by atoms with E-state index in [0.29, 0.717) is 17.5 Å². The van der Waals surface area contributed by atoms with Crippen molar-refractivity contribution >= 4 is 60.3 Å². The van der Waals surface area contributed by atoms with Crippen molar-refractivity contribution in [3.63, 3.8) is 0 Å². The van der Waals surface area contributed by atoms with Crippen molar-refractivity contribution in [2.24, 2.45) is 0 Å². The topological polar surface area (TPSA) is 51.8 Å². The zero-order valence-corrected chi connectivity index (χ0v) is 28.8. The van der Waals surface area contributed by atoms with E-state index in [0.717, 1.165) is 68.0 Å². The fourth-order valence-electron chi connectivity index (χ4n) is 8.16. The van der Waals surface area contributed by atoms with Crippen molar-refractivity contribution in [3.8, 4) is 45.3 Å². The molecule has 0 unspecified atom stereocenters. The summed E-state index contributed by atoms with van der Waals surface area (Å²) >= 11 is 0. The Bertz CT molecular complexity index is 3130. The number of aromatic nitrogens is 3. The van der Waals surface area contributed by atoms with Crippen LogP contribution in [-0.2, 0) is 6.42 Å². The van der Waals surface area contributed by atoms with Gasteiger partial charge in [-0.1, -0.05) is 133 Å². The van der Waals surface area contributed by atoms with Gasteiger partial charge in [0.25, 0.3) is 0 Å². The number of allylic oxidation sites excluding steroid dienone is 1. The molecule has 0 amide bonds. The minimum atomic E-state index is 0.607. The molecule has 8 aromatic carbocycles. The van der Waals surface area contributed by atoms with Crippen LogP contribution >= 0.6 is 0 Å². The summed E-state index contributed by atoms with van der Waals surface area (Å²) in [6.45, 7) is 0. The number of hydrogen-bond acceptors (Lipinski definition) is 4. The van der Waals surface area contributed by atoms with Gasteiger partial charge in [-0.05, 0) is 97.7 Å². The summed E-state index contributed by atoms with van der Waals surface area (Å²) in [5.74, 6) is 1.87. The first kappa shape index (κ1) is 29.8. The number of hydrogen-bond donors (Lipinski definition) is 0. The van der Waals surface area contributed by atoms with E-state index in [1.165, 1.54) is 38.1 Å². The van der Waals surface area contributed by atoms with Gasteiger partial charge in [-0.25, -0.2) is 15.0 Å². The van der Waals surface area contributed by atoms with Crippen molar-refractivity contribution in [2.45, 2.75) is 12.8 Å². The first-order valence-corrected chi connectivity index (χ1v) is 18.2. The molecule has 0 fully saturated rings. The molecule has 0 saturated heterocycles. The lowest BCUT2D eigenvalue weighted by Crippen LogP contribution is -2.01. The highest BCUT2D eigenvalue weighted by molar-refractivity contribution is 6.17. The third-order valence-electron chi connectivity index (χ3n) is 10.8. The predicted octanol–water partition coefficient (Wildman–Crippen LogP) is 12.9. The second-order valence-corrected chi connectivity index (χ2v) is 13.9. The van der Waals surface area contributed by atoms with E-state index in [2.05, 4.69) is 146 Å². The molecular weight excluding hydrogens is 647 g/mol. The molecule has 0 saturated carbocycles. The van der Waals surface area contributed by atoms with Gasteiger partial charge >= 0.3 is 0 Å². The Morgan fingerprint density at radius 3 is 1.74 bits per heavy atom. The SMILES string of the molecule is C1=Cc2ccc3cc(-c4nc(-c5ccc6ccccc6c5)nc(-c5cccc6oc7cccc(-c8ccc9ccccc9c8)c7c56)n4)ccc3c2CC1. The van der Waals surface area contributed by atoms with Crippen molar-refractivity contribution in [1.29, 1.82) is 0 Å². The molecule has 53 heavy (non-hydrogen) atoms. The van der Waals surface area contributed by atoms with Gasteiger partial charge in [0, 0.05) is 27.5 Å². The highest BCUT2D eigenvalue weighted by Crippen LogP contribution is 2.42. The largest absolute Gasteiger partial charge is 0.456 e. The molecule has 2 aromatic heterocycles. The molecule has 0 spiro atoms. The lowest BCUT2D eigenvalue weighted by molar-refractivity contribution is 0.669. The molecule has 1 aliphatic carbocycles. The van der Waals surface area contributed by atoms with E-state index in [9.17, 15) is 0 Å². The smallest absolute Gasteiger partial charge is 0.164 e. The Morgan fingerprint density at radius 1 is 0.434 bits per heavy atom. The minimum Gasteiger partial charge on any atom is -0.456 e. The molecule has 11 rings (SSSR count). The van der Waals surface area contributed by atoms with Gasteiger partial charge in [0.2, 0.25) is 0 Å². The molecule has 1 aliphatic rings. The van der Waals surface area contributed by atoms with E-state index in [1.807, 2.05) is 18.2 Å². The molecule has 10 aromatic rings. The standard InChI is InChI=1S/C49H31N3O/c1-3-12-33-27-36(22-19-30(33)9-1)41-15-7-17-43-45(41)46-42(16-8-18-44(46)53-43)49-51-47(37-24-20-31-10-2-4-13-34(31)28-37)50-48(52-49)38-25-26-40-35(29-38)23-21-32-11-5-6-14-39(32)40/h1-5,7-13,15-29H,6,14H2. The van der Waals surface area contributed by atoms with Crippen LogP contribution in [0.1, 0.15) is 17.5 Å². The molecule has 0 atom stereocenters. The van der Waals surface area contributed by atoms with E-state index in [-0.39, 0.29) is 0 Å². The Balaban J connectivity index is 1.15. The Morgan fingerprint density at radius 2 is 1.00 bits per heavy atom. The maximum Gasteiger partial charge on any atom is 0.164 e. The summed E-state index contributed by atoms with van der Waals surface area (Å²) in [4.78, 5) is 15.7. The summed E-state index contributed by atoms with van der Waals surface area (Å²) in [5, 5.41) is 9.24. The van der Waals surface area contributed by atoms with Crippen molar-refractivity contribution < 1.29 is 4.42 Å². The Kier molecular flexibility index (Phi) is 6.65. The summed E-state index contributed by atoms with van der Waals surface area (Å²) in [6, 6.07) is 53.5. The van der Waals surface area contributed by atoms with Crippen LogP contribution in [0.25, 0.3) is 106 Å². The molecule has 4 heteroatoms. The first-order valence-electron chi connectivity index (χ1n) is 18.2. The van der Waals surface area contributed by atoms with Crippen LogP contribution in [0.15, 0.2) is 162 Å². The average Bonchev–Trinajstić information content (AvgIpc) is 3.62. The van der Waals surface area contributed by atoms with Crippen LogP contribution in [0.4, 0.5) is 0 Å². The van der Waals surface area contributed by atoms with Crippen LogP contribution in [-0.4, -0.2) is 15.0 Å². The molecule has 0 radical (unpaired) electrons. The number of fused-ring (bicyclic) bond motifs is 8. The van der Waals surface area contributed by atoms with Crippen LogP contribution in [0.3, 0.4) is 0 Å². The third kappa shape index (κ3) is 4.95. The van der Waals surface area contributed by atoms with Crippen LogP contribution < -0.4 is 0 Å². The van der Waals surface area contributed by atoms with Gasteiger partial charge < -0.3 is 4.42 Å². The second-order valence-electron chi connectivity index (χ2n) is 13.9. The van der Waals surface area contributed by atoms with E-state index >= 15 is 0 Å². The fourth-order valence-corrected chi connectivity index (χ4v) is 8.16. The van der Waals surface area contributed by atoms with Gasteiger partial charge in [-0.15, -0.1) is 0 Å².